The van der Waals surface area contributed by atoms with Gasteiger partial charge in [0.15, 0.2) is 0 Å². The van der Waals surface area contributed by atoms with Gasteiger partial charge in [0.2, 0.25) is 0 Å². The quantitative estimate of drug-likeness (QED) is 0.781. The smallest absolute Gasteiger partial charge is 0.407 e. The van der Waals surface area contributed by atoms with E-state index in [2.05, 4.69) is 37.8 Å². The van der Waals surface area contributed by atoms with E-state index in [9.17, 15) is 14.7 Å². The number of carbonyl (C=O) groups excluding carboxylic acids is 1. The number of aryl methyl sites for hydroxylation is 1. The summed E-state index contributed by atoms with van der Waals surface area (Å²) in [4.78, 5) is 27.2. The van der Waals surface area contributed by atoms with Gasteiger partial charge in [0.25, 0.3) is 0 Å². The predicted octanol–water partition coefficient (Wildman–Crippen LogP) is 3.56. The van der Waals surface area contributed by atoms with Crippen LogP contribution in [0.25, 0.3) is 0 Å². The number of benzene rings is 1. The van der Waals surface area contributed by atoms with Crippen LogP contribution in [-0.4, -0.2) is 59.8 Å². The molecule has 1 aromatic rings. The topological polar surface area (TPSA) is 70.1 Å². The summed E-state index contributed by atoms with van der Waals surface area (Å²) in [7, 11) is 0. The molecule has 3 unspecified atom stereocenters. The maximum atomic E-state index is 12.0. The molecular formula is C22H32N2O4. The van der Waals surface area contributed by atoms with Crippen LogP contribution in [-0.2, 0) is 9.53 Å². The minimum absolute atomic E-state index is 0.0981. The third-order valence-corrected chi connectivity index (χ3v) is 6.12. The Balaban J connectivity index is 1.79. The normalized spacial score (nSPS) is 25.4. The molecule has 0 radical (unpaired) electrons. The van der Waals surface area contributed by atoms with E-state index in [1.165, 1.54) is 6.92 Å². The second-order valence-corrected chi connectivity index (χ2v) is 9.13. The number of fused-ring (bicyclic) bond motifs is 1. The minimum atomic E-state index is -0.833. The highest BCUT2D eigenvalue weighted by atomic mass is 16.5. The number of hydrogen-bond acceptors (Lipinski definition) is 4. The van der Waals surface area contributed by atoms with Crippen molar-refractivity contribution in [3.63, 3.8) is 0 Å². The fourth-order valence-electron chi connectivity index (χ4n) is 4.94. The molecule has 6 nitrogen and oxygen atoms in total. The van der Waals surface area contributed by atoms with Gasteiger partial charge < -0.3 is 19.6 Å². The summed E-state index contributed by atoms with van der Waals surface area (Å²) >= 11 is 0. The maximum absolute atomic E-state index is 12.0. The van der Waals surface area contributed by atoms with Crippen LogP contribution in [0.3, 0.4) is 0 Å². The Morgan fingerprint density at radius 1 is 1.25 bits per heavy atom. The zero-order chi connectivity index (χ0) is 20.5. The second-order valence-electron chi connectivity index (χ2n) is 9.13. The summed E-state index contributed by atoms with van der Waals surface area (Å²) in [6.45, 7) is 11.4. The van der Waals surface area contributed by atoms with Crippen molar-refractivity contribution < 1.29 is 19.4 Å². The third kappa shape index (κ3) is 4.49. The molecule has 0 aromatic heterocycles. The Labute approximate surface area is 167 Å². The molecule has 2 aliphatic rings. The molecular weight excluding hydrogens is 356 g/mol. The van der Waals surface area contributed by atoms with E-state index in [0.717, 1.165) is 37.2 Å². The van der Waals surface area contributed by atoms with Gasteiger partial charge in [0.05, 0.1) is 12.6 Å². The van der Waals surface area contributed by atoms with Crippen molar-refractivity contribution in [3.8, 4) is 0 Å². The average Bonchev–Trinajstić information content (AvgIpc) is 3.01. The van der Waals surface area contributed by atoms with E-state index >= 15 is 0 Å². The van der Waals surface area contributed by atoms with Gasteiger partial charge in [-0.05, 0) is 30.4 Å². The summed E-state index contributed by atoms with van der Waals surface area (Å²) in [6, 6.07) is 8.04. The number of carbonyl (C=O) groups is 2. The van der Waals surface area contributed by atoms with Crippen LogP contribution in [0, 0.1) is 24.2 Å². The zero-order valence-corrected chi connectivity index (χ0v) is 17.4. The molecule has 0 spiro atoms. The van der Waals surface area contributed by atoms with Crippen molar-refractivity contribution in [3.05, 3.63) is 35.4 Å². The first-order valence-electron chi connectivity index (χ1n) is 10.1. The number of ether oxygens (including phenoxy) is 1. The molecule has 2 saturated heterocycles. The SMILES string of the molecule is CC(=O)OCC(C)(C)CN1CC2CCN(C(=O)O)C(c3ccccc3C)C2C1. The minimum Gasteiger partial charge on any atom is -0.465 e. The van der Waals surface area contributed by atoms with E-state index in [0.29, 0.717) is 19.1 Å². The van der Waals surface area contributed by atoms with Gasteiger partial charge in [-0.1, -0.05) is 38.1 Å². The molecule has 28 heavy (non-hydrogen) atoms. The molecule has 0 bridgehead atoms. The zero-order valence-electron chi connectivity index (χ0n) is 17.4. The standard InChI is InChI=1S/C22H32N2O4/c1-15-7-5-6-8-18(15)20-19-12-23(13-22(3,4)14-28-16(2)25)11-17(19)9-10-24(20)21(26)27/h5-8,17,19-20H,9-14H2,1-4H3,(H,26,27). The summed E-state index contributed by atoms with van der Waals surface area (Å²) in [6.07, 6.45) is 0.0700. The summed E-state index contributed by atoms with van der Waals surface area (Å²) in [5.41, 5.74) is 2.14. The van der Waals surface area contributed by atoms with E-state index < -0.39 is 6.09 Å². The van der Waals surface area contributed by atoms with E-state index in [1.54, 1.807) is 4.90 Å². The van der Waals surface area contributed by atoms with Crippen molar-refractivity contribution >= 4 is 12.1 Å². The van der Waals surface area contributed by atoms with Crippen LogP contribution in [0.2, 0.25) is 0 Å². The Morgan fingerprint density at radius 3 is 2.61 bits per heavy atom. The van der Waals surface area contributed by atoms with Crippen LogP contribution in [0.15, 0.2) is 24.3 Å². The predicted molar refractivity (Wildman–Crippen MR) is 107 cm³/mol. The highest BCUT2D eigenvalue weighted by Gasteiger charge is 2.46. The number of amides is 1. The van der Waals surface area contributed by atoms with Gasteiger partial charge in [-0.25, -0.2) is 4.79 Å². The Kier molecular flexibility index (Phi) is 5.98. The first-order chi connectivity index (χ1) is 13.2. The molecule has 2 aliphatic heterocycles. The van der Waals surface area contributed by atoms with Gasteiger partial charge in [-0.3, -0.25) is 4.79 Å². The number of rotatable bonds is 5. The molecule has 1 aromatic carbocycles. The van der Waals surface area contributed by atoms with Crippen molar-refractivity contribution in [2.45, 2.75) is 40.2 Å². The fourth-order valence-corrected chi connectivity index (χ4v) is 4.94. The van der Waals surface area contributed by atoms with Crippen LogP contribution in [0.1, 0.15) is 44.4 Å². The Hall–Kier alpha value is -2.08. The molecule has 3 atom stereocenters. The van der Waals surface area contributed by atoms with Crippen molar-refractivity contribution in [1.29, 1.82) is 0 Å². The molecule has 1 amide bonds. The first kappa shape index (κ1) is 20.6. The summed E-state index contributed by atoms with van der Waals surface area (Å²) < 4.78 is 5.24. The van der Waals surface area contributed by atoms with Crippen LogP contribution >= 0.6 is 0 Å². The molecule has 154 valence electrons. The monoisotopic (exact) mass is 388 g/mol. The second kappa shape index (κ2) is 8.11. The van der Waals surface area contributed by atoms with Crippen molar-refractivity contribution in [2.75, 3.05) is 32.8 Å². The number of hydrogen-bond donors (Lipinski definition) is 1. The first-order valence-corrected chi connectivity index (χ1v) is 10.1. The lowest BCUT2D eigenvalue weighted by atomic mass is 9.78. The summed E-state index contributed by atoms with van der Waals surface area (Å²) in [5.74, 6) is 0.528. The van der Waals surface area contributed by atoms with Gasteiger partial charge >= 0.3 is 12.1 Å². The summed E-state index contributed by atoms with van der Waals surface area (Å²) in [5, 5.41) is 9.82. The van der Waals surface area contributed by atoms with Crippen LogP contribution < -0.4 is 0 Å². The lowest BCUT2D eigenvalue weighted by Crippen LogP contribution is -2.45. The highest BCUT2D eigenvalue weighted by molar-refractivity contribution is 5.66. The molecule has 1 N–H and O–H groups in total. The fraction of sp³-hybridized carbons (Fsp3) is 0.636. The van der Waals surface area contributed by atoms with E-state index in [4.69, 9.17) is 4.74 Å². The third-order valence-electron chi connectivity index (χ3n) is 6.12. The number of carboxylic acid groups (broad SMARTS) is 1. The van der Waals surface area contributed by atoms with Gasteiger partial charge in [-0.2, -0.15) is 0 Å². The number of nitrogens with zero attached hydrogens (tertiary/aromatic N) is 2. The molecule has 3 rings (SSSR count). The highest BCUT2D eigenvalue weighted by Crippen LogP contribution is 2.45. The molecule has 2 fully saturated rings. The molecule has 6 heteroatoms. The number of esters is 1. The van der Waals surface area contributed by atoms with Gasteiger partial charge in [0, 0.05) is 44.4 Å². The van der Waals surface area contributed by atoms with Gasteiger partial charge in [-0.15, -0.1) is 0 Å². The molecule has 0 saturated carbocycles. The van der Waals surface area contributed by atoms with Gasteiger partial charge in [0.1, 0.15) is 0 Å². The lowest BCUT2D eigenvalue weighted by Gasteiger charge is -2.42. The molecule has 2 heterocycles. The number of likely N-dealkylation sites (tertiary alicyclic amines) is 2. The van der Waals surface area contributed by atoms with Crippen LogP contribution in [0.4, 0.5) is 4.79 Å². The molecule has 0 aliphatic carbocycles. The largest absolute Gasteiger partial charge is 0.465 e. The average molecular weight is 389 g/mol. The van der Waals surface area contributed by atoms with Crippen molar-refractivity contribution in [1.82, 2.24) is 9.80 Å². The Bertz CT molecular complexity index is 733. The lowest BCUT2D eigenvalue weighted by molar-refractivity contribution is -0.144. The van der Waals surface area contributed by atoms with E-state index in [1.807, 2.05) is 12.1 Å². The van der Waals surface area contributed by atoms with Crippen molar-refractivity contribution in [2.24, 2.45) is 17.3 Å². The van der Waals surface area contributed by atoms with E-state index in [-0.39, 0.29) is 23.3 Å². The maximum Gasteiger partial charge on any atom is 0.407 e. The number of piperidine rings is 1. The van der Waals surface area contributed by atoms with Crippen LogP contribution in [0.5, 0.6) is 0 Å². The Morgan fingerprint density at radius 2 is 1.96 bits per heavy atom.